The van der Waals surface area contributed by atoms with Gasteiger partial charge in [0.2, 0.25) is 0 Å². The van der Waals surface area contributed by atoms with E-state index in [4.69, 9.17) is 4.74 Å². The van der Waals surface area contributed by atoms with Gasteiger partial charge in [-0.3, -0.25) is 14.9 Å². The number of nitrogens with one attached hydrogen (secondary N) is 1. The van der Waals surface area contributed by atoms with Crippen molar-refractivity contribution in [3.05, 3.63) is 63.5 Å². The number of hydrogen-bond acceptors (Lipinski definition) is 6. The topological polar surface area (TPSA) is 117 Å². The molecule has 0 unspecified atom stereocenters. The molecule has 0 saturated heterocycles. The summed E-state index contributed by atoms with van der Waals surface area (Å²) < 4.78 is 18.5. The number of rotatable bonds is 6. The highest BCUT2D eigenvalue weighted by Gasteiger charge is 2.12. The Labute approximate surface area is 141 Å². The van der Waals surface area contributed by atoms with Crippen molar-refractivity contribution in [2.45, 2.75) is 6.92 Å². The molecule has 0 saturated carbocycles. The third-order valence-electron chi connectivity index (χ3n) is 3.07. The molecular formula is C16H13FN3O5-. The second-order valence-corrected chi connectivity index (χ2v) is 4.73. The Morgan fingerprint density at radius 1 is 1.40 bits per heavy atom. The second-order valence-electron chi connectivity index (χ2n) is 4.73. The fourth-order valence-corrected chi connectivity index (χ4v) is 1.94. The highest BCUT2D eigenvalue weighted by molar-refractivity contribution is 5.95. The standard InChI is InChI=1S/C16H14FN3O5/c1-2-25-14-8-11(20(23)24)7-10(15(14)21)9-18-19-16(22)12-5-3-4-6-13(12)17/h3-9,21H,2H2,1H3,(H,19,22)/p-1/b18-9-. The lowest BCUT2D eigenvalue weighted by molar-refractivity contribution is -0.385. The van der Waals surface area contributed by atoms with Crippen molar-refractivity contribution in [3.63, 3.8) is 0 Å². The van der Waals surface area contributed by atoms with Gasteiger partial charge in [-0.2, -0.15) is 5.10 Å². The van der Waals surface area contributed by atoms with E-state index in [1.54, 1.807) is 6.92 Å². The van der Waals surface area contributed by atoms with Crippen molar-refractivity contribution in [2.75, 3.05) is 6.61 Å². The highest BCUT2D eigenvalue weighted by Crippen LogP contribution is 2.31. The monoisotopic (exact) mass is 346 g/mol. The van der Waals surface area contributed by atoms with Gasteiger partial charge in [-0.15, -0.1) is 0 Å². The number of non-ortho nitro benzene ring substituents is 1. The number of benzene rings is 2. The van der Waals surface area contributed by atoms with Crippen LogP contribution < -0.4 is 15.3 Å². The summed E-state index contributed by atoms with van der Waals surface area (Å²) in [6.45, 7) is 1.78. The Kier molecular flexibility index (Phi) is 5.62. The average molecular weight is 346 g/mol. The normalized spacial score (nSPS) is 10.6. The first kappa shape index (κ1) is 17.9. The average Bonchev–Trinajstić information content (AvgIpc) is 2.58. The quantitative estimate of drug-likeness (QED) is 0.487. The lowest BCUT2D eigenvalue weighted by Crippen LogP contribution is -2.19. The molecule has 1 amide bonds. The first-order valence-corrected chi connectivity index (χ1v) is 7.14. The van der Waals surface area contributed by atoms with Crippen LogP contribution in [0.15, 0.2) is 41.5 Å². The summed E-state index contributed by atoms with van der Waals surface area (Å²) in [7, 11) is 0. The molecule has 0 aliphatic rings. The van der Waals surface area contributed by atoms with Gasteiger partial charge < -0.3 is 9.84 Å². The van der Waals surface area contributed by atoms with Crippen molar-refractivity contribution >= 4 is 17.8 Å². The van der Waals surface area contributed by atoms with Gasteiger partial charge in [-0.25, -0.2) is 9.82 Å². The first-order chi connectivity index (χ1) is 11.9. The van der Waals surface area contributed by atoms with Crippen LogP contribution in [0.25, 0.3) is 0 Å². The second kappa shape index (κ2) is 7.86. The Bertz CT molecular complexity index is 839. The van der Waals surface area contributed by atoms with Crippen LogP contribution in [0.3, 0.4) is 0 Å². The van der Waals surface area contributed by atoms with Crippen molar-refractivity contribution in [3.8, 4) is 11.5 Å². The fraction of sp³-hybridized carbons (Fsp3) is 0.125. The highest BCUT2D eigenvalue weighted by atomic mass is 19.1. The number of carbonyl (C=O) groups excluding carboxylic acids is 1. The van der Waals surface area contributed by atoms with Crippen LogP contribution in [0, 0.1) is 15.9 Å². The predicted octanol–water partition coefficient (Wildman–Crippen LogP) is 1.97. The molecule has 0 fully saturated rings. The zero-order valence-corrected chi connectivity index (χ0v) is 13.1. The molecule has 9 heteroatoms. The molecular weight excluding hydrogens is 333 g/mol. The largest absolute Gasteiger partial charge is 0.870 e. The lowest BCUT2D eigenvalue weighted by Gasteiger charge is -2.16. The van der Waals surface area contributed by atoms with Crippen LogP contribution >= 0.6 is 0 Å². The molecule has 0 aliphatic heterocycles. The summed E-state index contributed by atoms with van der Waals surface area (Å²) in [4.78, 5) is 22.0. The molecule has 0 spiro atoms. The van der Waals surface area contributed by atoms with Gasteiger partial charge in [0.25, 0.3) is 11.6 Å². The number of ether oxygens (including phenoxy) is 1. The number of amides is 1. The number of hydrazone groups is 1. The van der Waals surface area contributed by atoms with Crippen molar-refractivity contribution in [1.29, 1.82) is 0 Å². The number of nitro benzene ring substituents is 1. The lowest BCUT2D eigenvalue weighted by atomic mass is 10.1. The van der Waals surface area contributed by atoms with Gasteiger partial charge >= 0.3 is 0 Å². The smallest absolute Gasteiger partial charge is 0.274 e. The number of hydrogen-bond donors (Lipinski definition) is 1. The first-order valence-electron chi connectivity index (χ1n) is 7.14. The van der Waals surface area contributed by atoms with Gasteiger partial charge in [0.05, 0.1) is 29.4 Å². The van der Waals surface area contributed by atoms with Crippen molar-refractivity contribution in [1.82, 2.24) is 5.43 Å². The summed E-state index contributed by atoms with van der Waals surface area (Å²) in [6.07, 6.45) is 0.941. The third-order valence-corrected chi connectivity index (χ3v) is 3.07. The maximum atomic E-state index is 13.5. The number of nitrogens with zero attached hydrogens (tertiary/aromatic N) is 2. The maximum Gasteiger partial charge on any atom is 0.274 e. The predicted molar refractivity (Wildman–Crippen MR) is 85.2 cm³/mol. The molecule has 0 radical (unpaired) electrons. The van der Waals surface area contributed by atoms with E-state index in [9.17, 15) is 24.4 Å². The number of nitro groups is 1. The molecule has 2 rings (SSSR count). The Hall–Kier alpha value is -3.49. The third kappa shape index (κ3) is 4.28. The van der Waals surface area contributed by atoms with Crippen LogP contribution in [0.5, 0.6) is 11.5 Å². The summed E-state index contributed by atoms with van der Waals surface area (Å²) in [5.74, 6) is -2.36. The number of carbonyl (C=O) groups is 1. The van der Waals surface area contributed by atoms with Gasteiger partial charge in [-0.05, 0) is 24.6 Å². The fourth-order valence-electron chi connectivity index (χ4n) is 1.94. The van der Waals surface area contributed by atoms with Crippen LogP contribution in [0.2, 0.25) is 0 Å². The Balaban J connectivity index is 2.24. The molecule has 2 aromatic carbocycles. The van der Waals surface area contributed by atoms with Crippen LogP contribution in [0.1, 0.15) is 22.8 Å². The van der Waals surface area contributed by atoms with E-state index in [1.165, 1.54) is 18.2 Å². The summed E-state index contributed by atoms with van der Waals surface area (Å²) >= 11 is 0. The molecule has 1 N–H and O–H groups in total. The zero-order valence-electron chi connectivity index (χ0n) is 13.1. The van der Waals surface area contributed by atoms with Crippen molar-refractivity contribution in [2.24, 2.45) is 5.10 Å². The molecule has 130 valence electrons. The van der Waals surface area contributed by atoms with Gasteiger partial charge in [0.1, 0.15) is 11.6 Å². The minimum atomic E-state index is -0.822. The van der Waals surface area contributed by atoms with Gasteiger partial charge in [-0.1, -0.05) is 17.9 Å². The summed E-state index contributed by atoms with van der Waals surface area (Å²) in [6, 6.07) is 7.30. The summed E-state index contributed by atoms with van der Waals surface area (Å²) in [5, 5.41) is 26.6. The molecule has 25 heavy (non-hydrogen) atoms. The molecule has 2 aromatic rings. The molecule has 0 aromatic heterocycles. The zero-order chi connectivity index (χ0) is 18.4. The minimum Gasteiger partial charge on any atom is -0.870 e. The van der Waals surface area contributed by atoms with E-state index < -0.39 is 22.4 Å². The minimum absolute atomic E-state index is 0.147. The molecule has 0 atom stereocenters. The van der Waals surface area contributed by atoms with Gasteiger partial charge in [0, 0.05) is 6.07 Å². The van der Waals surface area contributed by atoms with Crippen molar-refractivity contribution < 1.29 is 24.0 Å². The van der Waals surface area contributed by atoms with E-state index in [-0.39, 0.29) is 29.2 Å². The Morgan fingerprint density at radius 2 is 2.12 bits per heavy atom. The number of halogens is 1. The SMILES string of the molecule is CCOc1cc([N+](=O)[O-])cc(/C=N\NC(=O)c2ccccc2F)c1[O-]. The van der Waals surface area contributed by atoms with E-state index in [0.29, 0.717) is 0 Å². The van der Waals surface area contributed by atoms with Crippen LogP contribution in [-0.4, -0.2) is 23.7 Å². The van der Waals surface area contributed by atoms with E-state index in [1.807, 2.05) is 0 Å². The summed E-state index contributed by atoms with van der Waals surface area (Å²) in [5.41, 5.74) is 1.33. The van der Waals surface area contributed by atoms with Crippen LogP contribution in [-0.2, 0) is 0 Å². The van der Waals surface area contributed by atoms with Crippen LogP contribution in [0.4, 0.5) is 10.1 Å². The molecule has 0 heterocycles. The van der Waals surface area contributed by atoms with Gasteiger partial charge in [0.15, 0.2) is 0 Å². The van der Waals surface area contributed by atoms with E-state index in [2.05, 4.69) is 10.5 Å². The van der Waals surface area contributed by atoms with E-state index >= 15 is 0 Å². The molecule has 0 bridgehead atoms. The maximum absolute atomic E-state index is 13.5. The Morgan fingerprint density at radius 3 is 2.76 bits per heavy atom. The molecule has 8 nitrogen and oxygen atoms in total. The molecule has 0 aliphatic carbocycles. The van der Waals surface area contributed by atoms with E-state index in [0.717, 1.165) is 24.4 Å².